The van der Waals surface area contributed by atoms with Crippen LogP contribution >= 0.6 is 11.8 Å². The maximum atomic E-state index is 13.7. The first-order valence-electron chi connectivity index (χ1n) is 11.2. The van der Waals surface area contributed by atoms with Crippen LogP contribution in [0.25, 0.3) is 0 Å². The Morgan fingerprint density at radius 1 is 1.09 bits per heavy atom. The van der Waals surface area contributed by atoms with E-state index in [0.29, 0.717) is 17.1 Å². The Morgan fingerprint density at radius 3 is 2.28 bits per heavy atom. The molecule has 0 aromatic heterocycles. The Morgan fingerprint density at radius 2 is 1.72 bits per heavy atom. The third-order valence-corrected chi connectivity index (χ3v) is 8.22. The fraction of sp³-hybridized carbons (Fsp3) is 0.667. The number of nitrogens with zero attached hydrogens (tertiary/aromatic N) is 1. The monoisotopic (exact) mass is 461 g/mol. The van der Waals surface area contributed by atoms with Gasteiger partial charge in [0.2, 0.25) is 5.91 Å². The van der Waals surface area contributed by atoms with Gasteiger partial charge in [0.25, 0.3) is 5.91 Å². The molecule has 0 spiro atoms. The van der Waals surface area contributed by atoms with Crippen molar-refractivity contribution in [3.8, 4) is 11.5 Å². The first-order valence-corrected chi connectivity index (χ1v) is 12.0. The van der Waals surface area contributed by atoms with Crippen molar-refractivity contribution in [1.29, 1.82) is 0 Å². The van der Waals surface area contributed by atoms with Crippen LogP contribution in [0.3, 0.4) is 0 Å². The maximum Gasteiger partial charge on any atom is 0.260 e. The van der Waals surface area contributed by atoms with Crippen molar-refractivity contribution in [2.45, 2.75) is 87.7 Å². The number of amides is 2. The summed E-state index contributed by atoms with van der Waals surface area (Å²) < 4.78 is 10.5. The average molecular weight is 462 g/mol. The topological polar surface area (TPSA) is 79.9 Å². The van der Waals surface area contributed by atoms with Crippen molar-refractivity contribution >= 4 is 23.6 Å². The molecule has 4 rings (SSSR count). The SMILES string of the molecule is COc1ccc2c(c1OC)C(=O)N1[C@@H]2SC(C)(C)[C@H]1C(=O)NC1CC(C)(C)NC(C)(C)C1. The number of ether oxygens (including phenoxy) is 2. The highest BCUT2D eigenvalue weighted by atomic mass is 32.2. The van der Waals surface area contributed by atoms with Gasteiger partial charge in [0.15, 0.2) is 11.5 Å². The van der Waals surface area contributed by atoms with Crippen molar-refractivity contribution in [2.75, 3.05) is 14.2 Å². The van der Waals surface area contributed by atoms with E-state index in [1.54, 1.807) is 23.8 Å². The van der Waals surface area contributed by atoms with Gasteiger partial charge in [0.1, 0.15) is 11.4 Å². The molecule has 176 valence electrons. The average Bonchev–Trinajstić information content (AvgIpc) is 3.07. The minimum Gasteiger partial charge on any atom is -0.493 e. The first-order chi connectivity index (χ1) is 14.8. The highest BCUT2D eigenvalue weighted by molar-refractivity contribution is 8.01. The fourth-order valence-electron chi connectivity index (χ4n) is 5.96. The molecule has 2 saturated heterocycles. The maximum absolute atomic E-state index is 13.7. The lowest BCUT2D eigenvalue weighted by molar-refractivity contribution is -0.127. The number of nitrogens with one attached hydrogen (secondary N) is 2. The molecule has 2 fully saturated rings. The number of rotatable bonds is 4. The van der Waals surface area contributed by atoms with E-state index in [2.05, 4.69) is 38.3 Å². The van der Waals surface area contributed by atoms with Gasteiger partial charge in [0.05, 0.1) is 19.8 Å². The molecule has 8 heteroatoms. The Bertz CT molecular complexity index is 943. The normalized spacial score (nSPS) is 27.6. The van der Waals surface area contributed by atoms with Gasteiger partial charge in [-0.1, -0.05) is 6.07 Å². The second-order valence-electron chi connectivity index (χ2n) is 11.0. The lowest BCUT2D eigenvalue weighted by Gasteiger charge is -2.47. The van der Waals surface area contributed by atoms with Crippen LogP contribution in [0.5, 0.6) is 11.5 Å². The van der Waals surface area contributed by atoms with Gasteiger partial charge in [-0.2, -0.15) is 0 Å². The second-order valence-corrected chi connectivity index (χ2v) is 12.7. The van der Waals surface area contributed by atoms with E-state index in [4.69, 9.17) is 9.47 Å². The molecule has 3 aliphatic heterocycles. The molecule has 7 nitrogen and oxygen atoms in total. The summed E-state index contributed by atoms with van der Waals surface area (Å²) in [4.78, 5) is 29.0. The zero-order valence-corrected chi connectivity index (χ0v) is 21.1. The van der Waals surface area contributed by atoms with Crippen LogP contribution in [0.15, 0.2) is 12.1 Å². The van der Waals surface area contributed by atoms with Gasteiger partial charge in [0, 0.05) is 27.4 Å². The van der Waals surface area contributed by atoms with Crippen LogP contribution in [-0.4, -0.2) is 58.8 Å². The number of benzene rings is 1. The molecule has 2 amide bonds. The Kier molecular flexibility index (Phi) is 5.48. The standard InChI is InChI=1S/C24H35N3O4S/c1-22(2)11-13(12-23(3,4)26-22)25-19(28)18-24(5,6)32-21-14-9-10-15(30-7)17(31-8)16(14)20(29)27(18)21/h9-10,13,18,21,26H,11-12H2,1-8H3,(H,25,28)/t18-,21-/m1/s1. The fourth-order valence-corrected chi connectivity index (χ4v) is 7.54. The molecule has 32 heavy (non-hydrogen) atoms. The van der Waals surface area contributed by atoms with Crippen LogP contribution in [-0.2, 0) is 4.79 Å². The second kappa shape index (κ2) is 7.55. The third-order valence-electron chi connectivity index (χ3n) is 6.68. The molecule has 0 radical (unpaired) electrons. The molecule has 0 unspecified atom stereocenters. The highest BCUT2D eigenvalue weighted by Gasteiger charge is 2.58. The predicted molar refractivity (Wildman–Crippen MR) is 126 cm³/mol. The molecule has 1 aromatic rings. The number of hydrogen-bond acceptors (Lipinski definition) is 6. The van der Waals surface area contributed by atoms with E-state index in [1.165, 1.54) is 7.11 Å². The Balaban J connectivity index is 1.64. The van der Waals surface area contributed by atoms with E-state index in [0.717, 1.165) is 18.4 Å². The zero-order valence-electron chi connectivity index (χ0n) is 20.3. The van der Waals surface area contributed by atoms with Crippen LogP contribution in [0.1, 0.15) is 75.7 Å². The number of carbonyl (C=O) groups is 2. The summed E-state index contributed by atoms with van der Waals surface area (Å²) in [5.74, 6) is 0.689. The van der Waals surface area contributed by atoms with Crippen molar-refractivity contribution in [2.24, 2.45) is 0 Å². The van der Waals surface area contributed by atoms with Gasteiger partial charge < -0.3 is 25.0 Å². The predicted octanol–water partition coefficient (Wildman–Crippen LogP) is 3.48. The van der Waals surface area contributed by atoms with E-state index in [-0.39, 0.29) is 34.3 Å². The number of thioether (sulfide) groups is 1. The van der Waals surface area contributed by atoms with Gasteiger partial charge in [-0.3, -0.25) is 9.59 Å². The minimum atomic E-state index is -0.575. The number of fused-ring (bicyclic) bond motifs is 3. The number of methoxy groups -OCH3 is 2. The molecular formula is C24H35N3O4S. The van der Waals surface area contributed by atoms with Crippen LogP contribution < -0.4 is 20.1 Å². The van der Waals surface area contributed by atoms with E-state index in [1.807, 2.05) is 26.0 Å². The van der Waals surface area contributed by atoms with Crippen molar-refractivity contribution < 1.29 is 19.1 Å². The van der Waals surface area contributed by atoms with Crippen LogP contribution in [0.2, 0.25) is 0 Å². The Hall–Kier alpha value is -1.93. The molecule has 1 aromatic carbocycles. The largest absolute Gasteiger partial charge is 0.493 e. The lowest BCUT2D eigenvalue weighted by Crippen LogP contribution is -2.64. The number of carbonyl (C=O) groups excluding carboxylic acids is 2. The van der Waals surface area contributed by atoms with Crippen molar-refractivity contribution in [3.05, 3.63) is 23.3 Å². The van der Waals surface area contributed by atoms with Crippen LogP contribution in [0, 0.1) is 0 Å². The van der Waals surface area contributed by atoms with E-state index < -0.39 is 10.8 Å². The zero-order chi connectivity index (χ0) is 23.6. The molecule has 0 saturated carbocycles. The number of piperidine rings is 1. The summed E-state index contributed by atoms with van der Waals surface area (Å²) in [7, 11) is 3.09. The first kappa shape index (κ1) is 23.2. The highest BCUT2D eigenvalue weighted by Crippen LogP contribution is 2.58. The minimum absolute atomic E-state index is 0.0447. The molecule has 3 aliphatic rings. The lowest BCUT2D eigenvalue weighted by atomic mass is 9.79. The molecular weight excluding hydrogens is 426 g/mol. The summed E-state index contributed by atoms with van der Waals surface area (Å²) in [5.41, 5.74) is 1.23. The summed E-state index contributed by atoms with van der Waals surface area (Å²) >= 11 is 1.65. The number of hydrogen-bond donors (Lipinski definition) is 2. The molecule has 3 heterocycles. The molecule has 0 aliphatic carbocycles. The van der Waals surface area contributed by atoms with Crippen LogP contribution in [0.4, 0.5) is 0 Å². The quantitative estimate of drug-likeness (QED) is 0.715. The Labute approximate surface area is 195 Å². The molecule has 2 atom stereocenters. The van der Waals surface area contributed by atoms with Gasteiger partial charge in [-0.05, 0) is 60.5 Å². The summed E-state index contributed by atoms with van der Waals surface area (Å²) in [5, 5.41) is 6.73. The summed E-state index contributed by atoms with van der Waals surface area (Å²) in [6.45, 7) is 12.8. The van der Waals surface area contributed by atoms with Gasteiger partial charge in [-0.25, -0.2) is 0 Å². The third kappa shape index (κ3) is 3.75. The van der Waals surface area contributed by atoms with E-state index >= 15 is 0 Å². The summed E-state index contributed by atoms with van der Waals surface area (Å²) in [6, 6.07) is 3.22. The van der Waals surface area contributed by atoms with Gasteiger partial charge >= 0.3 is 0 Å². The van der Waals surface area contributed by atoms with Crippen molar-refractivity contribution in [3.63, 3.8) is 0 Å². The summed E-state index contributed by atoms with van der Waals surface area (Å²) in [6.07, 6.45) is 1.68. The van der Waals surface area contributed by atoms with E-state index in [9.17, 15) is 9.59 Å². The molecule has 0 bridgehead atoms. The van der Waals surface area contributed by atoms with Crippen molar-refractivity contribution in [1.82, 2.24) is 15.5 Å². The smallest absolute Gasteiger partial charge is 0.260 e. The molecule has 2 N–H and O–H groups in total. The van der Waals surface area contributed by atoms with Gasteiger partial charge in [-0.15, -0.1) is 11.8 Å².